The van der Waals surface area contributed by atoms with Gasteiger partial charge in [0.15, 0.2) is 0 Å². The quantitative estimate of drug-likeness (QED) is 0.944. The van der Waals surface area contributed by atoms with Gasteiger partial charge in [-0.25, -0.2) is 4.98 Å². The fourth-order valence-corrected chi connectivity index (χ4v) is 3.73. The highest BCUT2D eigenvalue weighted by molar-refractivity contribution is 7.18. The standard InChI is InChI=1S/C15H22N4OS/c1-5-16-15-17-13(12-6-11(4)21-14(12)18-15)19-7-9(2)20-10(3)8-19/h6,9-10H,5,7-8H2,1-4H3,(H,16,17,18)/t9-,10+. The summed E-state index contributed by atoms with van der Waals surface area (Å²) in [5.41, 5.74) is 0. The zero-order valence-corrected chi connectivity index (χ0v) is 13.8. The molecule has 21 heavy (non-hydrogen) atoms. The number of aromatic nitrogens is 2. The molecule has 114 valence electrons. The van der Waals surface area contributed by atoms with Crippen molar-refractivity contribution in [3.05, 3.63) is 10.9 Å². The molecule has 1 aliphatic heterocycles. The molecule has 3 heterocycles. The zero-order valence-electron chi connectivity index (χ0n) is 13.0. The van der Waals surface area contributed by atoms with Crippen LogP contribution in [0.5, 0.6) is 0 Å². The molecule has 3 rings (SSSR count). The molecule has 1 fully saturated rings. The van der Waals surface area contributed by atoms with E-state index in [4.69, 9.17) is 9.72 Å². The molecule has 0 saturated carbocycles. The van der Waals surface area contributed by atoms with Crippen molar-refractivity contribution in [3.63, 3.8) is 0 Å². The summed E-state index contributed by atoms with van der Waals surface area (Å²) in [4.78, 5) is 14.0. The van der Waals surface area contributed by atoms with Gasteiger partial charge in [0.1, 0.15) is 10.6 Å². The van der Waals surface area contributed by atoms with Crippen LogP contribution in [0, 0.1) is 6.92 Å². The normalized spacial score (nSPS) is 22.8. The molecule has 0 unspecified atom stereocenters. The van der Waals surface area contributed by atoms with Crippen LogP contribution in [0.15, 0.2) is 6.07 Å². The number of thiophene rings is 1. The van der Waals surface area contributed by atoms with Crippen LogP contribution in [0.3, 0.4) is 0 Å². The second-order valence-corrected chi connectivity index (χ2v) is 6.87. The lowest BCUT2D eigenvalue weighted by Gasteiger charge is -2.36. The average molecular weight is 306 g/mol. The minimum atomic E-state index is 0.223. The second-order valence-electron chi connectivity index (χ2n) is 5.64. The van der Waals surface area contributed by atoms with E-state index in [1.807, 2.05) is 0 Å². The molecule has 0 aliphatic carbocycles. The Kier molecular flexibility index (Phi) is 3.99. The van der Waals surface area contributed by atoms with E-state index in [1.165, 1.54) is 4.88 Å². The molecule has 1 aliphatic rings. The molecule has 0 bridgehead atoms. The van der Waals surface area contributed by atoms with Gasteiger partial charge in [-0.1, -0.05) is 0 Å². The average Bonchev–Trinajstić information content (AvgIpc) is 2.77. The van der Waals surface area contributed by atoms with Crippen molar-refractivity contribution < 1.29 is 4.74 Å². The molecule has 2 atom stereocenters. The Morgan fingerprint density at radius 2 is 2.05 bits per heavy atom. The van der Waals surface area contributed by atoms with E-state index >= 15 is 0 Å². The summed E-state index contributed by atoms with van der Waals surface area (Å²) in [6.07, 6.45) is 0.446. The van der Waals surface area contributed by atoms with Crippen LogP contribution in [0.1, 0.15) is 25.6 Å². The second kappa shape index (κ2) is 5.77. The highest BCUT2D eigenvalue weighted by atomic mass is 32.1. The Morgan fingerprint density at radius 3 is 2.71 bits per heavy atom. The number of nitrogens with one attached hydrogen (secondary N) is 1. The van der Waals surface area contributed by atoms with Crippen LogP contribution in [-0.4, -0.2) is 41.8 Å². The number of hydrogen-bond acceptors (Lipinski definition) is 6. The minimum absolute atomic E-state index is 0.223. The van der Waals surface area contributed by atoms with Crippen LogP contribution in [0.4, 0.5) is 11.8 Å². The van der Waals surface area contributed by atoms with Gasteiger partial charge < -0.3 is 15.0 Å². The Morgan fingerprint density at radius 1 is 1.33 bits per heavy atom. The molecule has 2 aromatic heterocycles. The molecule has 1 N–H and O–H groups in total. The van der Waals surface area contributed by atoms with E-state index in [1.54, 1.807) is 11.3 Å². The highest BCUT2D eigenvalue weighted by Gasteiger charge is 2.25. The molecule has 5 nitrogen and oxygen atoms in total. The molecule has 0 amide bonds. The summed E-state index contributed by atoms with van der Waals surface area (Å²) in [5.74, 6) is 1.75. The van der Waals surface area contributed by atoms with Gasteiger partial charge in [-0.2, -0.15) is 4.98 Å². The number of aryl methyl sites for hydroxylation is 1. The lowest BCUT2D eigenvalue weighted by atomic mass is 10.2. The molecule has 6 heteroatoms. The minimum Gasteiger partial charge on any atom is -0.372 e. The zero-order chi connectivity index (χ0) is 15.0. The van der Waals surface area contributed by atoms with Crippen LogP contribution >= 0.6 is 11.3 Å². The number of nitrogens with zero attached hydrogens (tertiary/aromatic N) is 3. The van der Waals surface area contributed by atoms with Gasteiger partial charge in [0.05, 0.1) is 17.6 Å². The molecule has 0 radical (unpaired) electrons. The fourth-order valence-electron chi connectivity index (χ4n) is 2.86. The highest BCUT2D eigenvalue weighted by Crippen LogP contribution is 2.33. The topological polar surface area (TPSA) is 50.3 Å². The van der Waals surface area contributed by atoms with Crippen molar-refractivity contribution in [3.8, 4) is 0 Å². The van der Waals surface area contributed by atoms with Crippen molar-refractivity contribution in [1.29, 1.82) is 0 Å². The fraction of sp³-hybridized carbons (Fsp3) is 0.600. The largest absolute Gasteiger partial charge is 0.372 e. The van der Waals surface area contributed by atoms with Crippen LogP contribution < -0.4 is 10.2 Å². The maximum Gasteiger partial charge on any atom is 0.226 e. The Balaban J connectivity index is 2.06. The monoisotopic (exact) mass is 306 g/mol. The van der Waals surface area contributed by atoms with Crippen LogP contribution in [0.2, 0.25) is 0 Å². The number of hydrogen-bond donors (Lipinski definition) is 1. The first-order chi connectivity index (χ1) is 10.1. The SMILES string of the molecule is CCNc1nc(N2C[C@@H](C)O[C@@H](C)C2)c2cc(C)sc2n1. The molecular weight excluding hydrogens is 284 g/mol. The van der Waals surface area contributed by atoms with Gasteiger partial charge >= 0.3 is 0 Å². The van der Waals surface area contributed by atoms with Crippen molar-refractivity contribution in [1.82, 2.24) is 9.97 Å². The van der Waals surface area contributed by atoms with E-state index < -0.39 is 0 Å². The van der Waals surface area contributed by atoms with Gasteiger partial charge in [-0.05, 0) is 33.8 Å². The first-order valence-corrected chi connectivity index (χ1v) is 8.31. The van der Waals surface area contributed by atoms with E-state index in [-0.39, 0.29) is 12.2 Å². The van der Waals surface area contributed by atoms with E-state index in [0.29, 0.717) is 5.95 Å². The Labute approximate surface area is 129 Å². The third kappa shape index (κ3) is 2.96. The first kappa shape index (κ1) is 14.5. The summed E-state index contributed by atoms with van der Waals surface area (Å²) in [6.45, 7) is 11.0. The van der Waals surface area contributed by atoms with Gasteiger partial charge in [-0.3, -0.25) is 0 Å². The summed E-state index contributed by atoms with van der Waals surface area (Å²) in [7, 11) is 0. The van der Waals surface area contributed by atoms with Crippen molar-refractivity contribution >= 4 is 33.3 Å². The molecule has 2 aromatic rings. The molecular formula is C15H22N4OS. The summed E-state index contributed by atoms with van der Waals surface area (Å²) in [5, 5.41) is 4.39. The lowest BCUT2D eigenvalue weighted by Crippen LogP contribution is -2.46. The van der Waals surface area contributed by atoms with Gasteiger partial charge in [-0.15, -0.1) is 11.3 Å². The van der Waals surface area contributed by atoms with Gasteiger partial charge in [0.25, 0.3) is 0 Å². The summed E-state index contributed by atoms with van der Waals surface area (Å²) < 4.78 is 5.83. The van der Waals surface area contributed by atoms with Gasteiger partial charge in [0, 0.05) is 24.5 Å². The Hall–Kier alpha value is -1.40. The maximum absolute atomic E-state index is 5.83. The first-order valence-electron chi connectivity index (χ1n) is 7.49. The van der Waals surface area contributed by atoms with Crippen LogP contribution in [0.25, 0.3) is 10.2 Å². The van der Waals surface area contributed by atoms with Crippen LogP contribution in [-0.2, 0) is 4.74 Å². The van der Waals surface area contributed by atoms with E-state index in [2.05, 4.69) is 49.0 Å². The van der Waals surface area contributed by atoms with Gasteiger partial charge in [0.2, 0.25) is 5.95 Å². The third-order valence-corrected chi connectivity index (χ3v) is 4.49. The number of ether oxygens (including phenoxy) is 1. The molecule has 1 saturated heterocycles. The lowest BCUT2D eigenvalue weighted by molar-refractivity contribution is -0.00536. The van der Waals surface area contributed by atoms with Crippen molar-refractivity contribution in [2.24, 2.45) is 0 Å². The maximum atomic E-state index is 5.83. The van der Waals surface area contributed by atoms with E-state index in [9.17, 15) is 0 Å². The predicted molar refractivity (Wildman–Crippen MR) is 88.5 cm³/mol. The molecule has 0 aromatic carbocycles. The third-order valence-electron chi connectivity index (χ3n) is 3.55. The summed E-state index contributed by atoms with van der Waals surface area (Å²) >= 11 is 1.72. The summed E-state index contributed by atoms with van der Waals surface area (Å²) in [6, 6.07) is 2.19. The number of anilines is 2. The molecule has 0 spiro atoms. The number of morpholine rings is 1. The predicted octanol–water partition coefficient (Wildman–Crippen LogP) is 3.05. The van der Waals surface area contributed by atoms with Crippen molar-refractivity contribution in [2.45, 2.75) is 39.9 Å². The number of fused-ring (bicyclic) bond motifs is 1. The smallest absolute Gasteiger partial charge is 0.226 e. The number of rotatable bonds is 3. The van der Waals surface area contributed by atoms with Crippen molar-refractivity contribution in [2.75, 3.05) is 29.9 Å². The Bertz CT molecular complexity index is 632. The van der Waals surface area contributed by atoms with E-state index in [0.717, 1.165) is 35.7 Å².